The molecule has 0 radical (unpaired) electrons. The summed E-state index contributed by atoms with van der Waals surface area (Å²) in [4.78, 5) is 15.0. The van der Waals surface area contributed by atoms with Crippen molar-refractivity contribution in [2.24, 2.45) is 0 Å². The van der Waals surface area contributed by atoms with E-state index in [0.717, 1.165) is 29.9 Å². The molecule has 2 aromatic carbocycles. The number of anilines is 2. The van der Waals surface area contributed by atoms with E-state index in [1.54, 1.807) is 4.90 Å². The van der Waals surface area contributed by atoms with E-state index in [0.29, 0.717) is 13.1 Å². The molecule has 0 saturated carbocycles. The fraction of sp³-hybridized carbons (Fsp3) is 0.227. The average Bonchev–Trinajstić information content (AvgIpc) is 3.46. The topological polar surface area (TPSA) is 78.5 Å². The van der Waals surface area contributed by atoms with Crippen molar-refractivity contribution in [3.63, 3.8) is 0 Å². The van der Waals surface area contributed by atoms with Gasteiger partial charge in [-0.15, -0.1) is 11.3 Å². The molecule has 1 aliphatic heterocycles. The van der Waals surface area contributed by atoms with Crippen molar-refractivity contribution in [3.8, 4) is 0 Å². The summed E-state index contributed by atoms with van der Waals surface area (Å²) in [5.41, 5.74) is -0.0872. The first-order valence-electron chi connectivity index (χ1n) is 10.0. The molecule has 1 aromatic heterocycles. The largest absolute Gasteiger partial charge is 0.367 e. The van der Waals surface area contributed by atoms with Crippen LogP contribution in [0.5, 0.6) is 0 Å². The number of halogens is 2. The predicted octanol–water partition coefficient (Wildman–Crippen LogP) is 4.36. The Balaban J connectivity index is 1.49. The van der Waals surface area contributed by atoms with Crippen LogP contribution in [0.2, 0.25) is 0 Å². The molecule has 0 atom stereocenters. The number of nitrogens with one attached hydrogen (secondary N) is 2. The highest BCUT2D eigenvalue weighted by Gasteiger charge is 2.22. The molecular formula is C22H21F2N3O3S2. The molecule has 1 aliphatic rings. The zero-order valence-electron chi connectivity index (χ0n) is 17.0. The lowest BCUT2D eigenvalue weighted by Gasteiger charge is -2.20. The summed E-state index contributed by atoms with van der Waals surface area (Å²) < 4.78 is 56.7. The first-order chi connectivity index (χ1) is 15.3. The van der Waals surface area contributed by atoms with E-state index in [4.69, 9.17) is 0 Å². The summed E-state index contributed by atoms with van der Waals surface area (Å²) in [6.07, 6.45) is 1.75. The number of sulfonamides is 1. The highest BCUT2D eigenvalue weighted by molar-refractivity contribution is 7.89. The van der Waals surface area contributed by atoms with Crippen LogP contribution in [0.25, 0.3) is 0 Å². The average molecular weight is 478 g/mol. The quantitative estimate of drug-likeness (QED) is 0.530. The number of benzene rings is 2. The van der Waals surface area contributed by atoms with E-state index in [1.807, 2.05) is 17.5 Å². The van der Waals surface area contributed by atoms with E-state index in [9.17, 15) is 22.0 Å². The molecule has 0 bridgehead atoms. The summed E-state index contributed by atoms with van der Waals surface area (Å²) in [7, 11) is -3.84. The maximum atomic E-state index is 14.5. The fourth-order valence-electron chi connectivity index (χ4n) is 3.55. The van der Waals surface area contributed by atoms with E-state index in [1.165, 1.54) is 35.6 Å². The van der Waals surface area contributed by atoms with Crippen molar-refractivity contribution in [1.29, 1.82) is 0 Å². The second-order valence-corrected chi connectivity index (χ2v) is 10.2. The standard InChI is InChI=1S/C22H21F2N3O3S2/c23-19-12-16(13-20(24)21(19)27-8-1-2-9-27)26-22(28)15-5-3-7-18(11-15)32(29,30)25-14-17-6-4-10-31-17/h3-7,10-13,25H,1-2,8-9,14H2,(H,26,28). The summed E-state index contributed by atoms with van der Waals surface area (Å²) in [6.45, 7) is 1.31. The van der Waals surface area contributed by atoms with Gasteiger partial charge in [-0.25, -0.2) is 21.9 Å². The van der Waals surface area contributed by atoms with Crippen molar-refractivity contribution < 1.29 is 22.0 Å². The number of amides is 1. The van der Waals surface area contributed by atoms with Gasteiger partial charge >= 0.3 is 0 Å². The van der Waals surface area contributed by atoms with Crippen LogP contribution in [-0.4, -0.2) is 27.4 Å². The lowest BCUT2D eigenvalue weighted by Crippen LogP contribution is -2.23. The molecule has 6 nitrogen and oxygen atoms in total. The fourth-order valence-corrected chi connectivity index (χ4v) is 5.34. The molecule has 2 heterocycles. The summed E-state index contributed by atoms with van der Waals surface area (Å²) in [5.74, 6) is -2.18. The van der Waals surface area contributed by atoms with Gasteiger partial charge in [0, 0.05) is 35.8 Å². The van der Waals surface area contributed by atoms with E-state index in [-0.39, 0.29) is 28.4 Å². The number of hydrogen-bond acceptors (Lipinski definition) is 5. The maximum absolute atomic E-state index is 14.5. The van der Waals surface area contributed by atoms with Gasteiger partial charge in [0.1, 0.15) is 5.69 Å². The summed E-state index contributed by atoms with van der Waals surface area (Å²) in [5, 5.41) is 4.28. The number of thiophene rings is 1. The highest BCUT2D eigenvalue weighted by atomic mass is 32.2. The second kappa shape index (κ2) is 9.35. The Bertz CT molecular complexity index is 1200. The molecule has 2 N–H and O–H groups in total. The van der Waals surface area contributed by atoms with Crippen LogP contribution >= 0.6 is 11.3 Å². The van der Waals surface area contributed by atoms with Crippen LogP contribution in [0.1, 0.15) is 28.1 Å². The smallest absolute Gasteiger partial charge is 0.255 e. The van der Waals surface area contributed by atoms with E-state index < -0.39 is 27.6 Å². The third kappa shape index (κ3) is 4.98. The number of hydrogen-bond donors (Lipinski definition) is 2. The van der Waals surface area contributed by atoms with E-state index >= 15 is 0 Å². The number of rotatable bonds is 7. The molecule has 0 unspecified atom stereocenters. The third-order valence-corrected chi connectivity index (χ3v) is 7.40. The van der Waals surface area contributed by atoms with Crippen molar-refractivity contribution >= 4 is 38.6 Å². The molecular weight excluding hydrogens is 456 g/mol. The Morgan fingerprint density at radius 3 is 2.41 bits per heavy atom. The van der Waals surface area contributed by atoms with Crippen LogP contribution in [-0.2, 0) is 16.6 Å². The number of carbonyl (C=O) groups excluding carboxylic acids is 1. The van der Waals surface area contributed by atoms with Crippen LogP contribution in [0, 0.1) is 11.6 Å². The van der Waals surface area contributed by atoms with Crippen molar-refractivity contribution in [2.75, 3.05) is 23.3 Å². The van der Waals surface area contributed by atoms with Crippen LogP contribution < -0.4 is 14.9 Å². The molecule has 0 aliphatic carbocycles. The van der Waals surface area contributed by atoms with Gasteiger partial charge in [-0.2, -0.15) is 0 Å². The molecule has 4 rings (SSSR count). The summed E-state index contributed by atoms with van der Waals surface area (Å²) in [6, 6.07) is 11.2. The molecule has 10 heteroatoms. The minimum Gasteiger partial charge on any atom is -0.367 e. The van der Waals surface area contributed by atoms with Gasteiger partial charge in [-0.1, -0.05) is 12.1 Å². The number of nitrogens with zero attached hydrogens (tertiary/aromatic N) is 1. The zero-order valence-corrected chi connectivity index (χ0v) is 18.6. The SMILES string of the molecule is O=C(Nc1cc(F)c(N2CCCC2)c(F)c1)c1cccc(S(=O)(=O)NCc2cccs2)c1. The summed E-state index contributed by atoms with van der Waals surface area (Å²) >= 11 is 1.42. The molecule has 1 saturated heterocycles. The molecule has 1 amide bonds. The van der Waals surface area contributed by atoms with E-state index in [2.05, 4.69) is 10.0 Å². The monoisotopic (exact) mass is 477 g/mol. The number of carbonyl (C=O) groups is 1. The second-order valence-electron chi connectivity index (χ2n) is 7.37. The molecule has 3 aromatic rings. The van der Waals surface area contributed by atoms with Gasteiger partial charge in [-0.3, -0.25) is 4.79 Å². The Morgan fingerprint density at radius 1 is 1.03 bits per heavy atom. The highest BCUT2D eigenvalue weighted by Crippen LogP contribution is 2.30. The normalized spacial score (nSPS) is 14.0. The predicted molar refractivity (Wildman–Crippen MR) is 121 cm³/mol. The lowest BCUT2D eigenvalue weighted by atomic mass is 10.2. The molecule has 168 valence electrons. The van der Waals surface area contributed by atoms with Gasteiger partial charge in [0.15, 0.2) is 11.6 Å². The minimum atomic E-state index is -3.84. The van der Waals surface area contributed by atoms with Crippen LogP contribution in [0.15, 0.2) is 58.8 Å². The van der Waals surface area contributed by atoms with Gasteiger partial charge in [0.25, 0.3) is 5.91 Å². The third-order valence-electron chi connectivity index (χ3n) is 5.12. The molecule has 32 heavy (non-hydrogen) atoms. The van der Waals surface area contributed by atoms with Gasteiger partial charge in [0.05, 0.1) is 4.90 Å². The Labute approximate surface area is 188 Å². The Hall–Kier alpha value is -2.82. The van der Waals surface area contributed by atoms with Gasteiger partial charge in [0.2, 0.25) is 10.0 Å². The Morgan fingerprint density at radius 2 is 1.75 bits per heavy atom. The first-order valence-corrected chi connectivity index (χ1v) is 12.4. The van der Waals surface area contributed by atoms with Crippen LogP contribution in [0.3, 0.4) is 0 Å². The van der Waals surface area contributed by atoms with Gasteiger partial charge < -0.3 is 10.2 Å². The van der Waals surface area contributed by atoms with Crippen molar-refractivity contribution in [2.45, 2.75) is 24.3 Å². The van der Waals surface area contributed by atoms with Crippen molar-refractivity contribution in [1.82, 2.24) is 4.72 Å². The maximum Gasteiger partial charge on any atom is 0.255 e. The lowest BCUT2D eigenvalue weighted by molar-refractivity contribution is 0.102. The van der Waals surface area contributed by atoms with Gasteiger partial charge in [-0.05, 0) is 54.6 Å². The zero-order chi connectivity index (χ0) is 22.7. The minimum absolute atomic E-state index is 0.0444. The first kappa shape index (κ1) is 22.4. The van der Waals surface area contributed by atoms with Crippen molar-refractivity contribution in [3.05, 3.63) is 76.0 Å². The molecule has 1 fully saturated rings. The Kier molecular flexibility index (Phi) is 6.54. The van der Waals surface area contributed by atoms with Crippen LogP contribution in [0.4, 0.5) is 20.2 Å². The molecule has 0 spiro atoms.